The van der Waals surface area contributed by atoms with Crippen molar-refractivity contribution in [2.45, 2.75) is 27.2 Å². The highest BCUT2D eigenvalue weighted by molar-refractivity contribution is 6.30. The molecule has 2 heterocycles. The molecule has 0 fully saturated rings. The van der Waals surface area contributed by atoms with Crippen LogP contribution >= 0.6 is 11.6 Å². The normalized spacial score (nSPS) is 10.6. The van der Waals surface area contributed by atoms with Crippen LogP contribution in [-0.2, 0) is 6.42 Å². The quantitative estimate of drug-likeness (QED) is 0.764. The highest BCUT2D eigenvalue weighted by Crippen LogP contribution is 2.23. The molecule has 0 amide bonds. The molecular formula is C13H14ClN3. The number of nitrogens with zero attached hydrogens (tertiary/aromatic N) is 3. The molecule has 0 saturated heterocycles. The predicted octanol–water partition coefficient (Wildman–Crippen LogP) is 3.37. The molecule has 0 saturated carbocycles. The first-order valence-corrected chi connectivity index (χ1v) is 5.95. The third-order valence-corrected chi connectivity index (χ3v) is 3.15. The minimum atomic E-state index is 0.531. The number of halogens is 1. The molecule has 0 bridgehead atoms. The molecule has 3 nitrogen and oxygen atoms in total. The number of aromatic nitrogens is 3. The average molecular weight is 248 g/mol. The maximum Gasteiger partial charge on any atom is 0.161 e. The van der Waals surface area contributed by atoms with Crippen molar-refractivity contribution in [1.82, 2.24) is 15.0 Å². The molecule has 0 aromatic carbocycles. The SMILES string of the molecule is CCc1nc(-c2ccncc2C)nc(Cl)c1C. The Morgan fingerprint density at radius 1 is 1.24 bits per heavy atom. The lowest BCUT2D eigenvalue weighted by molar-refractivity contribution is 0.974. The lowest BCUT2D eigenvalue weighted by Crippen LogP contribution is -2.00. The molecule has 2 rings (SSSR count). The maximum absolute atomic E-state index is 6.13. The Morgan fingerprint density at radius 2 is 2.00 bits per heavy atom. The van der Waals surface area contributed by atoms with Crippen molar-refractivity contribution in [2.24, 2.45) is 0 Å². The fourth-order valence-corrected chi connectivity index (χ4v) is 1.91. The van der Waals surface area contributed by atoms with Crippen LogP contribution in [0.25, 0.3) is 11.4 Å². The highest BCUT2D eigenvalue weighted by atomic mass is 35.5. The van der Waals surface area contributed by atoms with E-state index in [-0.39, 0.29) is 0 Å². The summed E-state index contributed by atoms with van der Waals surface area (Å²) in [6.07, 6.45) is 4.40. The van der Waals surface area contributed by atoms with Crippen molar-refractivity contribution in [3.63, 3.8) is 0 Å². The Kier molecular flexibility index (Phi) is 3.38. The van der Waals surface area contributed by atoms with Gasteiger partial charge in [0.25, 0.3) is 0 Å². The largest absolute Gasteiger partial charge is 0.264 e. The van der Waals surface area contributed by atoms with Crippen LogP contribution in [0.2, 0.25) is 5.15 Å². The molecule has 0 N–H and O–H groups in total. The van der Waals surface area contributed by atoms with E-state index in [2.05, 4.69) is 21.9 Å². The molecule has 0 atom stereocenters. The minimum Gasteiger partial charge on any atom is -0.264 e. The van der Waals surface area contributed by atoms with Gasteiger partial charge in [-0.25, -0.2) is 9.97 Å². The first-order valence-electron chi connectivity index (χ1n) is 5.57. The molecule has 0 spiro atoms. The van der Waals surface area contributed by atoms with E-state index in [1.807, 2.05) is 19.9 Å². The first kappa shape index (κ1) is 12.0. The lowest BCUT2D eigenvalue weighted by atomic mass is 10.1. The van der Waals surface area contributed by atoms with E-state index < -0.39 is 0 Å². The minimum absolute atomic E-state index is 0.531. The van der Waals surface area contributed by atoms with Crippen LogP contribution < -0.4 is 0 Å². The second-order valence-electron chi connectivity index (χ2n) is 3.95. The summed E-state index contributed by atoms with van der Waals surface area (Å²) in [6.45, 7) is 6.00. The van der Waals surface area contributed by atoms with Crippen molar-refractivity contribution in [3.05, 3.63) is 40.4 Å². The van der Waals surface area contributed by atoms with Crippen molar-refractivity contribution in [3.8, 4) is 11.4 Å². The van der Waals surface area contributed by atoms with Crippen LogP contribution in [-0.4, -0.2) is 15.0 Å². The second kappa shape index (κ2) is 4.80. The van der Waals surface area contributed by atoms with E-state index >= 15 is 0 Å². The summed E-state index contributed by atoms with van der Waals surface area (Å²) in [5, 5.41) is 0.531. The van der Waals surface area contributed by atoms with E-state index in [1.165, 1.54) is 0 Å². The summed E-state index contributed by atoms with van der Waals surface area (Å²) in [4.78, 5) is 13.0. The van der Waals surface area contributed by atoms with Gasteiger partial charge in [-0.05, 0) is 31.9 Å². The van der Waals surface area contributed by atoms with E-state index in [9.17, 15) is 0 Å². The predicted molar refractivity (Wildman–Crippen MR) is 69.1 cm³/mol. The summed E-state index contributed by atoms with van der Waals surface area (Å²) in [6, 6.07) is 1.91. The number of hydrogen-bond donors (Lipinski definition) is 0. The average Bonchev–Trinajstić information content (AvgIpc) is 2.33. The number of hydrogen-bond acceptors (Lipinski definition) is 3. The van der Waals surface area contributed by atoms with Gasteiger partial charge in [-0.1, -0.05) is 18.5 Å². The van der Waals surface area contributed by atoms with E-state index in [1.54, 1.807) is 12.4 Å². The number of pyridine rings is 1. The molecule has 17 heavy (non-hydrogen) atoms. The zero-order valence-corrected chi connectivity index (χ0v) is 10.9. The lowest BCUT2D eigenvalue weighted by Gasteiger charge is -2.09. The van der Waals surface area contributed by atoms with Crippen LogP contribution in [0.3, 0.4) is 0 Å². The molecule has 2 aromatic rings. The second-order valence-corrected chi connectivity index (χ2v) is 4.31. The van der Waals surface area contributed by atoms with Crippen LogP contribution in [0.15, 0.2) is 18.5 Å². The van der Waals surface area contributed by atoms with E-state index in [0.29, 0.717) is 11.0 Å². The van der Waals surface area contributed by atoms with Crippen molar-refractivity contribution in [1.29, 1.82) is 0 Å². The monoisotopic (exact) mass is 247 g/mol. The first-order chi connectivity index (χ1) is 8.13. The molecule has 0 unspecified atom stereocenters. The standard InChI is InChI=1S/C13H14ClN3/c1-4-11-9(3)12(14)17-13(16-11)10-5-6-15-7-8(10)2/h5-7H,4H2,1-3H3. The van der Waals surface area contributed by atoms with Gasteiger partial charge in [0.2, 0.25) is 0 Å². The van der Waals surface area contributed by atoms with Gasteiger partial charge >= 0.3 is 0 Å². The maximum atomic E-state index is 6.13. The van der Waals surface area contributed by atoms with Gasteiger partial charge < -0.3 is 0 Å². The van der Waals surface area contributed by atoms with Crippen molar-refractivity contribution in [2.75, 3.05) is 0 Å². The Bertz CT molecular complexity index is 552. The summed E-state index contributed by atoms with van der Waals surface area (Å²) < 4.78 is 0. The number of rotatable bonds is 2. The molecule has 0 aliphatic rings. The molecule has 0 aliphatic carbocycles. The third kappa shape index (κ3) is 2.29. The number of aryl methyl sites for hydroxylation is 2. The summed E-state index contributed by atoms with van der Waals surface area (Å²) in [7, 11) is 0. The Hall–Kier alpha value is -1.48. The van der Waals surface area contributed by atoms with Gasteiger partial charge in [-0.15, -0.1) is 0 Å². The molecule has 2 aromatic heterocycles. The van der Waals surface area contributed by atoms with Gasteiger partial charge in [0, 0.05) is 29.2 Å². The molecule has 0 radical (unpaired) electrons. The van der Waals surface area contributed by atoms with Gasteiger partial charge in [0.1, 0.15) is 5.15 Å². The summed E-state index contributed by atoms with van der Waals surface area (Å²) in [5.74, 6) is 0.678. The molecule has 4 heteroatoms. The Morgan fingerprint density at radius 3 is 2.65 bits per heavy atom. The van der Waals surface area contributed by atoms with Crippen LogP contribution in [0.5, 0.6) is 0 Å². The highest BCUT2D eigenvalue weighted by Gasteiger charge is 2.11. The van der Waals surface area contributed by atoms with Gasteiger partial charge in [0.05, 0.1) is 0 Å². The van der Waals surface area contributed by atoms with Crippen molar-refractivity contribution < 1.29 is 0 Å². The van der Waals surface area contributed by atoms with Gasteiger partial charge in [0.15, 0.2) is 5.82 Å². The zero-order valence-electron chi connectivity index (χ0n) is 10.2. The molecular weight excluding hydrogens is 234 g/mol. The Balaban J connectivity index is 2.61. The Labute approximate surface area is 106 Å². The van der Waals surface area contributed by atoms with Gasteiger partial charge in [-0.3, -0.25) is 4.98 Å². The van der Waals surface area contributed by atoms with Crippen LogP contribution in [0.4, 0.5) is 0 Å². The van der Waals surface area contributed by atoms with E-state index in [4.69, 9.17) is 11.6 Å². The zero-order chi connectivity index (χ0) is 12.4. The van der Waals surface area contributed by atoms with E-state index in [0.717, 1.165) is 28.8 Å². The van der Waals surface area contributed by atoms with Crippen molar-refractivity contribution >= 4 is 11.6 Å². The van der Waals surface area contributed by atoms with Crippen LogP contribution in [0.1, 0.15) is 23.7 Å². The fraction of sp³-hybridized carbons (Fsp3) is 0.308. The third-order valence-electron chi connectivity index (χ3n) is 2.78. The van der Waals surface area contributed by atoms with Crippen LogP contribution in [0, 0.1) is 13.8 Å². The molecule has 88 valence electrons. The molecule has 0 aliphatic heterocycles. The fourth-order valence-electron chi connectivity index (χ4n) is 1.72. The smallest absolute Gasteiger partial charge is 0.161 e. The summed E-state index contributed by atoms with van der Waals surface area (Å²) in [5.41, 5.74) is 3.99. The summed E-state index contributed by atoms with van der Waals surface area (Å²) >= 11 is 6.13. The van der Waals surface area contributed by atoms with Gasteiger partial charge in [-0.2, -0.15) is 0 Å². The topological polar surface area (TPSA) is 38.7 Å².